The lowest BCUT2D eigenvalue weighted by atomic mass is 9.81. The highest BCUT2D eigenvalue weighted by Gasteiger charge is 2.34. The van der Waals surface area contributed by atoms with E-state index in [-0.39, 0.29) is 5.92 Å². The molecule has 186 valence electrons. The van der Waals surface area contributed by atoms with Crippen molar-refractivity contribution in [2.45, 2.75) is 44.7 Å². The summed E-state index contributed by atoms with van der Waals surface area (Å²) in [5.74, 6) is -0.573. The van der Waals surface area contributed by atoms with Crippen LogP contribution in [0.3, 0.4) is 0 Å². The van der Waals surface area contributed by atoms with Gasteiger partial charge < -0.3 is 14.7 Å². The average molecular weight is 480 g/mol. The standard InChI is InChI=1S/C28H34FN3O3/c1-35-22-6-8-27-24(18-22)23(11-15-31-27)26(29)7-5-21-12-17-32(19-25(21)28(33)34)16-3-2-4-20-9-13-30-14-10-20/h6,8-11,13-15,18,21,25-26H,2-5,7,12,16-17,19H2,1H3,(H,33,34)/t21-,25+,26-/m1/s1. The zero-order chi connectivity index (χ0) is 24.6. The van der Waals surface area contributed by atoms with Gasteiger partial charge >= 0.3 is 5.97 Å². The minimum Gasteiger partial charge on any atom is -0.497 e. The molecule has 3 heterocycles. The summed E-state index contributed by atoms with van der Waals surface area (Å²) in [7, 11) is 1.59. The highest BCUT2D eigenvalue weighted by atomic mass is 19.1. The Morgan fingerprint density at radius 2 is 2.03 bits per heavy atom. The second-order valence-electron chi connectivity index (χ2n) is 9.43. The first-order valence-electron chi connectivity index (χ1n) is 12.5. The van der Waals surface area contributed by atoms with Crippen molar-refractivity contribution in [2.75, 3.05) is 26.7 Å². The lowest BCUT2D eigenvalue weighted by Gasteiger charge is -2.37. The highest BCUT2D eigenvalue weighted by molar-refractivity contribution is 5.83. The number of hydrogen-bond acceptors (Lipinski definition) is 5. The van der Waals surface area contributed by atoms with Crippen LogP contribution in [0.15, 0.2) is 55.0 Å². The van der Waals surface area contributed by atoms with E-state index in [1.54, 1.807) is 19.4 Å². The number of ether oxygens (including phenoxy) is 1. The smallest absolute Gasteiger partial charge is 0.308 e. The molecular weight excluding hydrogens is 445 g/mol. The molecule has 3 atom stereocenters. The number of aromatic nitrogens is 2. The number of halogens is 1. The number of rotatable bonds is 11. The van der Waals surface area contributed by atoms with E-state index < -0.39 is 18.1 Å². The SMILES string of the molecule is COc1ccc2nccc([C@H](F)CC[C@@H]3CCN(CCCCc4ccncc4)C[C@@H]3C(=O)O)c2c1. The summed E-state index contributed by atoms with van der Waals surface area (Å²) in [6.45, 7) is 2.32. The van der Waals surface area contributed by atoms with Crippen LogP contribution in [0.1, 0.15) is 49.4 Å². The van der Waals surface area contributed by atoms with Gasteiger partial charge in [0, 0.05) is 30.5 Å². The van der Waals surface area contributed by atoms with Gasteiger partial charge in [-0.15, -0.1) is 0 Å². The number of alkyl halides is 1. The number of nitrogens with zero attached hydrogens (tertiary/aromatic N) is 3. The zero-order valence-electron chi connectivity index (χ0n) is 20.3. The number of likely N-dealkylation sites (tertiary alicyclic amines) is 1. The molecular formula is C28H34FN3O3. The van der Waals surface area contributed by atoms with Crippen LogP contribution in [0.25, 0.3) is 10.9 Å². The summed E-state index contributed by atoms with van der Waals surface area (Å²) in [4.78, 5) is 22.7. The fourth-order valence-electron chi connectivity index (χ4n) is 5.17. The molecule has 1 aliphatic rings. The van der Waals surface area contributed by atoms with Crippen molar-refractivity contribution < 1.29 is 19.0 Å². The van der Waals surface area contributed by atoms with Gasteiger partial charge in [-0.2, -0.15) is 0 Å². The first kappa shape index (κ1) is 25.0. The minimum atomic E-state index is -1.17. The van der Waals surface area contributed by atoms with Crippen LogP contribution in [-0.2, 0) is 11.2 Å². The number of methoxy groups -OCH3 is 1. The third-order valence-electron chi connectivity index (χ3n) is 7.21. The van der Waals surface area contributed by atoms with Gasteiger partial charge in [-0.05, 0) is 105 Å². The summed E-state index contributed by atoms with van der Waals surface area (Å²) in [5, 5.41) is 10.6. The van der Waals surface area contributed by atoms with Crippen LogP contribution in [0, 0.1) is 11.8 Å². The summed E-state index contributed by atoms with van der Waals surface area (Å²) < 4.78 is 20.7. The zero-order valence-corrected chi connectivity index (χ0v) is 20.3. The van der Waals surface area contributed by atoms with Crippen LogP contribution in [0.5, 0.6) is 5.75 Å². The third-order valence-corrected chi connectivity index (χ3v) is 7.21. The fourth-order valence-corrected chi connectivity index (χ4v) is 5.17. The van der Waals surface area contributed by atoms with Gasteiger partial charge in [0.15, 0.2) is 0 Å². The lowest BCUT2D eigenvalue weighted by Crippen LogP contribution is -2.44. The maximum atomic E-state index is 15.4. The summed E-state index contributed by atoms with van der Waals surface area (Å²) >= 11 is 0. The monoisotopic (exact) mass is 479 g/mol. The van der Waals surface area contributed by atoms with E-state index in [0.717, 1.165) is 49.7 Å². The van der Waals surface area contributed by atoms with Crippen molar-refractivity contribution in [1.29, 1.82) is 0 Å². The number of piperidine rings is 1. The van der Waals surface area contributed by atoms with Gasteiger partial charge in [0.2, 0.25) is 0 Å². The summed E-state index contributed by atoms with van der Waals surface area (Å²) in [6, 6.07) is 11.3. The average Bonchev–Trinajstić information content (AvgIpc) is 2.89. The number of carbonyl (C=O) groups is 1. The molecule has 6 nitrogen and oxygen atoms in total. The molecule has 0 amide bonds. The Balaban J connectivity index is 1.30. The lowest BCUT2D eigenvalue weighted by molar-refractivity contribution is -0.146. The quantitative estimate of drug-likeness (QED) is 0.367. The number of benzene rings is 1. The largest absolute Gasteiger partial charge is 0.497 e. The van der Waals surface area contributed by atoms with Crippen molar-refractivity contribution in [3.8, 4) is 5.75 Å². The Morgan fingerprint density at radius 3 is 2.80 bits per heavy atom. The van der Waals surface area contributed by atoms with Crippen molar-refractivity contribution in [1.82, 2.24) is 14.9 Å². The van der Waals surface area contributed by atoms with Gasteiger partial charge in [-0.1, -0.05) is 0 Å². The second kappa shape index (κ2) is 12.1. The predicted molar refractivity (Wildman–Crippen MR) is 134 cm³/mol. The molecule has 1 aromatic carbocycles. The maximum absolute atomic E-state index is 15.4. The molecule has 0 radical (unpaired) electrons. The Morgan fingerprint density at radius 1 is 1.20 bits per heavy atom. The molecule has 1 fully saturated rings. The van der Waals surface area contributed by atoms with Gasteiger partial charge in [0.05, 0.1) is 18.5 Å². The number of aliphatic carboxylic acids is 1. The topological polar surface area (TPSA) is 75.5 Å². The Hall–Kier alpha value is -3.06. The van der Waals surface area contributed by atoms with Crippen LogP contribution in [0.4, 0.5) is 4.39 Å². The molecule has 7 heteroatoms. The maximum Gasteiger partial charge on any atom is 0.308 e. The van der Waals surface area contributed by atoms with Crippen molar-refractivity contribution in [2.24, 2.45) is 11.8 Å². The van der Waals surface area contributed by atoms with Crippen molar-refractivity contribution in [3.05, 3.63) is 66.1 Å². The summed E-state index contributed by atoms with van der Waals surface area (Å²) in [5.41, 5.74) is 2.60. The number of carboxylic acids is 1. The molecule has 1 aliphatic heterocycles. The molecule has 0 bridgehead atoms. The van der Waals surface area contributed by atoms with E-state index in [2.05, 4.69) is 14.9 Å². The number of fused-ring (bicyclic) bond motifs is 1. The van der Waals surface area contributed by atoms with E-state index >= 15 is 4.39 Å². The van der Waals surface area contributed by atoms with E-state index in [4.69, 9.17) is 4.74 Å². The summed E-state index contributed by atoms with van der Waals surface area (Å²) in [6.07, 6.45) is 8.84. The van der Waals surface area contributed by atoms with Crippen molar-refractivity contribution >= 4 is 16.9 Å². The van der Waals surface area contributed by atoms with E-state index in [1.165, 1.54) is 5.56 Å². The molecule has 1 saturated heterocycles. The Labute approximate surface area is 206 Å². The molecule has 1 N–H and O–H groups in total. The van der Waals surface area contributed by atoms with Gasteiger partial charge in [0.1, 0.15) is 11.9 Å². The van der Waals surface area contributed by atoms with Gasteiger partial charge in [-0.25, -0.2) is 4.39 Å². The second-order valence-corrected chi connectivity index (χ2v) is 9.43. The number of unbranched alkanes of at least 4 members (excludes halogenated alkanes) is 1. The highest BCUT2D eigenvalue weighted by Crippen LogP contribution is 2.35. The molecule has 0 spiro atoms. The number of carboxylic acid groups (broad SMARTS) is 1. The predicted octanol–water partition coefficient (Wildman–Crippen LogP) is 5.47. The number of pyridine rings is 2. The van der Waals surface area contributed by atoms with Gasteiger partial charge in [0.25, 0.3) is 0 Å². The molecule has 0 unspecified atom stereocenters. The Bertz CT molecular complexity index is 1110. The molecule has 2 aromatic heterocycles. The minimum absolute atomic E-state index is 0.0125. The van der Waals surface area contributed by atoms with E-state index in [1.807, 2.05) is 42.7 Å². The number of aryl methyl sites for hydroxylation is 1. The molecule has 0 saturated carbocycles. The Kier molecular flexibility index (Phi) is 8.64. The molecule has 4 rings (SSSR count). The third kappa shape index (κ3) is 6.54. The van der Waals surface area contributed by atoms with E-state index in [0.29, 0.717) is 30.7 Å². The van der Waals surface area contributed by atoms with Crippen LogP contribution < -0.4 is 4.74 Å². The molecule has 3 aromatic rings. The first-order valence-corrected chi connectivity index (χ1v) is 12.5. The molecule has 35 heavy (non-hydrogen) atoms. The van der Waals surface area contributed by atoms with Crippen molar-refractivity contribution in [3.63, 3.8) is 0 Å². The van der Waals surface area contributed by atoms with E-state index in [9.17, 15) is 9.90 Å². The fraction of sp³-hybridized carbons (Fsp3) is 0.464. The normalized spacial score (nSPS) is 19.5. The van der Waals surface area contributed by atoms with Crippen LogP contribution >= 0.6 is 0 Å². The van der Waals surface area contributed by atoms with Crippen LogP contribution in [-0.4, -0.2) is 52.7 Å². The van der Waals surface area contributed by atoms with Crippen LogP contribution in [0.2, 0.25) is 0 Å². The first-order chi connectivity index (χ1) is 17.0. The van der Waals surface area contributed by atoms with Gasteiger partial charge in [-0.3, -0.25) is 14.8 Å². The molecule has 0 aliphatic carbocycles. The number of hydrogen-bond donors (Lipinski definition) is 1.